The van der Waals surface area contributed by atoms with E-state index in [0.717, 1.165) is 0 Å². The second-order valence-electron chi connectivity index (χ2n) is 11.6. The van der Waals surface area contributed by atoms with Crippen LogP contribution in [0.3, 0.4) is 0 Å². The van der Waals surface area contributed by atoms with Gasteiger partial charge in [-0.05, 0) is 58.5 Å². The zero-order chi connectivity index (χ0) is 65.7. The summed E-state index contributed by atoms with van der Waals surface area (Å²) in [6.07, 6.45) is 0. The Morgan fingerprint density at radius 3 is 1.55 bits per heavy atom. The molecule has 0 saturated carbocycles. The van der Waals surface area contributed by atoms with Crippen LogP contribution in [0.25, 0.3) is 100 Å². The molecule has 0 aliphatic heterocycles. The minimum absolute atomic E-state index is 0.657. The van der Waals surface area contributed by atoms with Crippen LogP contribution in [0.4, 0.5) is 0 Å². The molecule has 5 nitrogen and oxygen atoms in total. The molecule has 0 amide bonds. The maximum atomic E-state index is 9.86. The monoisotopic (exact) mass is 748 g/mol. The van der Waals surface area contributed by atoms with Gasteiger partial charge in [-0.3, -0.25) is 4.57 Å². The molecular weight excluding hydrogens is 683 g/mol. The van der Waals surface area contributed by atoms with E-state index in [-0.39, 0.29) is 0 Å². The first-order chi connectivity index (χ1) is 41.5. The Balaban J connectivity index is 1.44. The fourth-order valence-corrected chi connectivity index (χ4v) is 6.20. The second kappa shape index (κ2) is 13.0. The van der Waals surface area contributed by atoms with Crippen molar-refractivity contribution in [1.82, 2.24) is 24.1 Å². The predicted octanol–water partition coefficient (Wildman–Crippen LogP) is 12.7. The summed E-state index contributed by atoms with van der Waals surface area (Å²) in [5.74, 6) is -3.04. The summed E-state index contributed by atoms with van der Waals surface area (Å²) in [5.41, 5.74) is -9.21. The molecule has 11 rings (SSSR count). The van der Waals surface area contributed by atoms with Gasteiger partial charge in [0, 0.05) is 38.4 Å². The van der Waals surface area contributed by atoms with Gasteiger partial charge < -0.3 is 4.57 Å². The number of rotatable bonds is 6. The Kier molecular flexibility index (Phi) is 3.03. The number of aromatic nitrogens is 5. The first-order valence-electron chi connectivity index (χ1n) is 32.7. The summed E-state index contributed by atoms with van der Waals surface area (Å²) < 4.78 is 298. The van der Waals surface area contributed by atoms with Crippen molar-refractivity contribution in [3.05, 3.63) is 199 Å². The van der Waals surface area contributed by atoms with E-state index in [2.05, 4.69) is 15.0 Å². The average molecular weight is 749 g/mol. The maximum absolute atomic E-state index is 9.86. The largest absolute Gasteiger partial charge is 0.309 e. The van der Waals surface area contributed by atoms with Crippen LogP contribution in [0.2, 0.25) is 0 Å². The SMILES string of the molecule is [2H]c1c([2H])c([2H])c(-c2nc(-c3c([2H])c([2H])c([2H])c(-c4c([2H])c([2H])c([2H])c([2H])c4[2H])c3[2H])nc(-n3c4c([2H])c([2H])c([2H])c([2H])c4c4c([2H])c([2H])c5c(c6c([2H])c([2H])c([2H])c([2H])c6n5-c5c([2H])c([2H])c([2H])c(-c6c([2H])c([2H])c([2H])c([2H])c6[2H])c5[2H])c43)n2)c([2H])c1[2H]. The lowest BCUT2D eigenvalue weighted by molar-refractivity contribution is 0.955. The van der Waals surface area contributed by atoms with Crippen LogP contribution in [0.5, 0.6) is 0 Å². The minimum atomic E-state index is -1.11. The van der Waals surface area contributed by atoms with E-state index in [4.69, 9.17) is 31.5 Å². The van der Waals surface area contributed by atoms with Crippen molar-refractivity contribution >= 4 is 43.6 Å². The van der Waals surface area contributed by atoms with Gasteiger partial charge in [-0.25, -0.2) is 4.98 Å². The van der Waals surface area contributed by atoms with E-state index in [9.17, 15) is 13.7 Å². The highest BCUT2D eigenvalue weighted by atomic mass is 15.2. The van der Waals surface area contributed by atoms with Crippen LogP contribution in [0.15, 0.2) is 199 Å². The molecule has 0 bridgehead atoms. The molecule has 8 aromatic carbocycles. The number of fused-ring (bicyclic) bond motifs is 7. The maximum Gasteiger partial charge on any atom is 0.238 e. The highest BCUT2D eigenvalue weighted by molar-refractivity contribution is 6.26. The summed E-state index contributed by atoms with van der Waals surface area (Å²) in [7, 11) is 0. The summed E-state index contributed by atoms with van der Waals surface area (Å²) in [6, 6.07) is -33.2. The van der Waals surface area contributed by atoms with Crippen molar-refractivity contribution in [2.75, 3.05) is 0 Å². The van der Waals surface area contributed by atoms with E-state index in [1.165, 1.54) is 0 Å². The van der Waals surface area contributed by atoms with E-state index in [1.807, 2.05) is 0 Å². The first-order valence-corrected chi connectivity index (χ1v) is 16.2. The molecule has 0 fully saturated rings. The first kappa shape index (κ1) is 13.0. The van der Waals surface area contributed by atoms with Gasteiger partial charge in [0.05, 0.1) is 67.3 Å². The topological polar surface area (TPSA) is 48.5 Å². The van der Waals surface area contributed by atoms with Crippen molar-refractivity contribution in [1.29, 1.82) is 0 Å². The molecular formula is C51H33N5. The lowest BCUT2D eigenvalue weighted by Crippen LogP contribution is -2.06. The van der Waals surface area contributed by atoms with Gasteiger partial charge in [0.1, 0.15) is 0 Å². The summed E-state index contributed by atoms with van der Waals surface area (Å²) >= 11 is 0. The van der Waals surface area contributed by atoms with Gasteiger partial charge >= 0.3 is 0 Å². The van der Waals surface area contributed by atoms with Gasteiger partial charge in [0.15, 0.2) is 11.6 Å². The number of nitrogens with zero attached hydrogens (tertiary/aromatic N) is 5. The standard InChI is InChI=1S/C51H33N5/c1-4-16-34(17-5-1)37-22-14-24-39(32-37)50-52-49(36-20-8-3-9-21-36)53-51(54-50)56-44-28-12-10-26-41(44)42-30-31-46-47(48(42)56)43-27-11-13-29-45(43)55(46)40-25-15-23-38(33-40)35-18-6-2-7-19-35/h1-33H/i1D,2D,3D,4D,5D,6D,7D,8D,9D,10D,11D,12D,13D,14D,15D,16D,17D,18D,19D,20D,21D,22D,23D,24D,25D,26D,27D,28D,29D,30D,31D,32D,33D. The average Bonchev–Trinajstić information content (AvgIpc) is 1.59. The molecule has 5 heteroatoms. The van der Waals surface area contributed by atoms with Gasteiger partial charge in [-0.2, -0.15) is 9.97 Å². The van der Waals surface area contributed by atoms with Gasteiger partial charge in [-0.15, -0.1) is 0 Å². The molecule has 262 valence electrons. The Bertz CT molecular complexity index is 5100. The Morgan fingerprint density at radius 1 is 0.339 bits per heavy atom. The Hall–Kier alpha value is -7.63. The molecule has 11 aromatic rings. The highest BCUT2D eigenvalue weighted by Gasteiger charge is 2.23. The molecule has 0 N–H and O–H groups in total. The van der Waals surface area contributed by atoms with Crippen LogP contribution in [-0.2, 0) is 0 Å². The van der Waals surface area contributed by atoms with E-state index >= 15 is 0 Å². The summed E-state index contributed by atoms with van der Waals surface area (Å²) in [6.45, 7) is 0. The molecule has 0 unspecified atom stereocenters. The Morgan fingerprint density at radius 2 is 0.857 bits per heavy atom. The van der Waals surface area contributed by atoms with Crippen molar-refractivity contribution < 1.29 is 45.2 Å². The minimum Gasteiger partial charge on any atom is -0.309 e. The quantitative estimate of drug-likeness (QED) is 0.170. The molecule has 3 heterocycles. The highest BCUT2D eigenvalue weighted by Crippen LogP contribution is 2.42. The zero-order valence-corrected chi connectivity index (χ0v) is 27.7. The van der Waals surface area contributed by atoms with Crippen molar-refractivity contribution in [2.45, 2.75) is 0 Å². The van der Waals surface area contributed by atoms with E-state index in [0.29, 0.717) is 9.13 Å². The van der Waals surface area contributed by atoms with Gasteiger partial charge in [0.25, 0.3) is 0 Å². The molecule has 0 saturated heterocycles. The second-order valence-corrected chi connectivity index (χ2v) is 11.6. The van der Waals surface area contributed by atoms with Crippen LogP contribution in [0, 0.1) is 0 Å². The zero-order valence-electron chi connectivity index (χ0n) is 60.7. The number of para-hydroxylation sites is 2. The molecule has 0 radical (unpaired) electrons. The van der Waals surface area contributed by atoms with Crippen LogP contribution >= 0.6 is 0 Å². The van der Waals surface area contributed by atoms with Crippen LogP contribution < -0.4 is 0 Å². The summed E-state index contributed by atoms with van der Waals surface area (Å²) in [4.78, 5) is 13.4. The molecule has 0 atom stereocenters. The fourth-order valence-electron chi connectivity index (χ4n) is 6.20. The third-order valence-electron chi connectivity index (χ3n) is 8.48. The fraction of sp³-hybridized carbons (Fsp3) is 0. The van der Waals surface area contributed by atoms with Crippen LogP contribution in [0.1, 0.15) is 45.2 Å². The molecule has 56 heavy (non-hydrogen) atoms. The van der Waals surface area contributed by atoms with Crippen LogP contribution in [-0.4, -0.2) is 24.1 Å². The predicted molar refractivity (Wildman–Crippen MR) is 230 cm³/mol. The molecule has 0 aliphatic rings. The van der Waals surface area contributed by atoms with Crippen molar-refractivity contribution in [2.24, 2.45) is 0 Å². The van der Waals surface area contributed by atoms with E-state index < -0.39 is 300 Å². The van der Waals surface area contributed by atoms with Gasteiger partial charge in [0.2, 0.25) is 5.95 Å². The normalized spacial score (nSPS) is 19.8. The van der Waals surface area contributed by atoms with E-state index in [1.54, 1.807) is 0 Å². The van der Waals surface area contributed by atoms with Gasteiger partial charge in [-0.1, -0.05) is 163 Å². The number of hydrogen-bond donors (Lipinski definition) is 0. The number of hydrogen-bond acceptors (Lipinski definition) is 3. The smallest absolute Gasteiger partial charge is 0.238 e. The third kappa shape index (κ3) is 5.21. The van der Waals surface area contributed by atoms with Crippen molar-refractivity contribution in [3.8, 4) is 56.7 Å². The number of benzene rings is 8. The van der Waals surface area contributed by atoms with Crippen molar-refractivity contribution in [3.63, 3.8) is 0 Å². The lowest BCUT2D eigenvalue weighted by Gasteiger charge is -2.12. The lowest BCUT2D eigenvalue weighted by atomic mass is 10.0. The summed E-state index contributed by atoms with van der Waals surface area (Å²) in [5, 5.41) is -2.71. The molecule has 3 aromatic heterocycles. The molecule has 0 aliphatic carbocycles. The third-order valence-corrected chi connectivity index (χ3v) is 8.48. The Labute approximate surface area is 369 Å². The molecule has 0 spiro atoms.